The normalized spacial score (nSPS) is 19.7. The maximum Gasteiger partial charge on any atom is 0.225 e. The molecule has 0 aliphatic carbocycles. The number of hydrogen-bond donors (Lipinski definition) is 3. The average molecular weight is 326 g/mol. The van der Waals surface area contributed by atoms with Gasteiger partial charge < -0.3 is 26.3 Å². The molecule has 120 valence electrons. The minimum absolute atomic E-state index is 0.160. The van der Waals surface area contributed by atoms with Crippen LogP contribution in [0.3, 0.4) is 0 Å². The number of carbonyl (C=O) groups is 1. The molecule has 1 unspecified atom stereocenters. The van der Waals surface area contributed by atoms with E-state index in [4.69, 9.17) is 32.5 Å². The van der Waals surface area contributed by atoms with Crippen LogP contribution >= 0.6 is 11.6 Å². The Balaban J connectivity index is 2.07. The number of amides is 1. The summed E-state index contributed by atoms with van der Waals surface area (Å²) in [7, 11) is 0. The van der Waals surface area contributed by atoms with Crippen molar-refractivity contribution in [2.24, 2.45) is 11.7 Å². The summed E-state index contributed by atoms with van der Waals surface area (Å²) in [6.45, 7) is 2.57. The van der Waals surface area contributed by atoms with Gasteiger partial charge in [0.25, 0.3) is 0 Å². The predicted octanol–water partition coefficient (Wildman–Crippen LogP) is 1.26. The van der Waals surface area contributed by atoms with Gasteiger partial charge in [0.15, 0.2) is 11.5 Å². The quantitative estimate of drug-likeness (QED) is 0.727. The molecule has 6 nitrogen and oxygen atoms in total. The number of carbonyl (C=O) groups excluding carboxylic acids is 1. The Morgan fingerprint density at radius 2 is 1.91 bits per heavy atom. The molecular formula is C15H20ClN3O3. The molecule has 0 aromatic heterocycles. The summed E-state index contributed by atoms with van der Waals surface area (Å²) in [5.41, 5.74) is 12.7. The van der Waals surface area contributed by atoms with Crippen molar-refractivity contribution in [2.45, 2.75) is 18.8 Å². The molecule has 2 heterocycles. The Morgan fingerprint density at radius 1 is 1.27 bits per heavy atom. The number of ether oxygens (including phenoxy) is 2. The van der Waals surface area contributed by atoms with E-state index in [-0.39, 0.29) is 11.8 Å². The lowest BCUT2D eigenvalue weighted by molar-refractivity contribution is -0.120. The first-order valence-corrected chi connectivity index (χ1v) is 7.85. The maximum atomic E-state index is 12.1. The van der Waals surface area contributed by atoms with E-state index in [0.29, 0.717) is 41.0 Å². The number of anilines is 1. The van der Waals surface area contributed by atoms with E-state index in [1.807, 2.05) is 0 Å². The van der Waals surface area contributed by atoms with E-state index in [1.54, 1.807) is 6.07 Å². The summed E-state index contributed by atoms with van der Waals surface area (Å²) in [4.78, 5) is 12.1. The van der Waals surface area contributed by atoms with Crippen LogP contribution in [0.2, 0.25) is 5.02 Å². The van der Waals surface area contributed by atoms with Crippen molar-refractivity contribution in [1.82, 2.24) is 5.32 Å². The molecule has 5 N–H and O–H groups in total. The predicted molar refractivity (Wildman–Crippen MR) is 84.4 cm³/mol. The summed E-state index contributed by atoms with van der Waals surface area (Å²) in [5, 5.41) is 3.65. The van der Waals surface area contributed by atoms with Crippen molar-refractivity contribution < 1.29 is 14.3 Å². The first kappa shape index (κ1) is 15.2. The van der Waals surface area contributed by atoms with Crippen molar-refractivity contribution in [3.8, 4) is 11.5 Å². The molecule has 1 aromatic rings. The van der Waals surface area contributed by atoms with Crippen molar-refractivity contribution in [1.29, 1.82) is 0 Å². The van der Waals surface area contributed by atoms with Crippen LogP contribution in [0, 0.1) is 5.92 Å². The molecule has 1 fully saturated rings. The van der Waals surface area contributed by atoms with Gasteiger partial charge >= 0.3 is 0 Å². The molecule has 1 aromatic carbocycles. The Bertz CT molecular complexity index is 588. The van der Waals surface area contributed by atoms with E-state index in [9.17, 15) is 4.79 Å². The van der Waals surface area contributed by atoms with E-state index < -0.39 is 5.92 Å². The number of nitrogens with one attached hydrogen (secondary N) is 1. The van der Waals surface area contributed by atoms with Gasteiger partial charge in [-0.05, 0) is 37.9 Å². The minimum Gasteiger partial charge on any atom is -0.486 e. The van der Waals surface area contributed by atoms with Crippen LogP contribution in [-0.2, 0) is 4.79 Å². The number of nitrogens with two attached hydrogens (primary N) is 2. The van der Waals surface area contributed by atoms with Gasteiger partial charge in [0.05, 0.1) is 16.6 Å². The third-order valence-electron chi connectivity index (χ3n) is 4.33. The fourth-order valence-electron chi connectivity index (χ4n) is 3.27. The van der Waals surface area contributed by atoms with Gasteiger partial charge in [-0.3, -0.25) is 4.79 Å². The highest BCUT2D eigenvalue weighted by Gasteiger charge is 2.35. The summed E-state index contributed by atoms with van der Waals surface area (Å²) in [6, 6.07) is 1.70. The van der Waals surface area contributed by atoms with Gasteiger partial charge in [-0.25, -0.2) is 0 Å². The Labute approximate surface area is 134 Å². The van der Waals surface area contributed by atoms with Crippen LogP contribution in [0.25, 0.3) is 0 Å². The SMILES string of the molecule is NC(=O)C(c1cc(Cl)c(N)c2c1OCCO2)C1CCNCC1. The number of halogens is 1. The largest absolute Gasteiger partial charge is 0.486 e. The topological polar surface area (TPSA) is 99.6 Å². The highest BCUT2D eigenvalue weighted by atomic mass is 35.5. The highest BCUT2D eigenvalue weighted by Crippen LogP contribution is 2.48. The lowest BCUT2D eigenvalue weighted by atomic mass is 9.79. The molecule has 22 heavy (non-hydrogen) atoms. The molecule has 1 atom stereocenters. The molecule has 0 saturated carbocycles. The molecule has 3 rings (SSSR count). The smallest absolute Gasteiger partial charge is 0.225 e. The van der Waals surface area contributed by atoms with Crippen LogP contribution in [0.4, 0.5) is 5.69 Å². The molecule has 2 aliphatic rings. The van der Waals surface area contributed by atoms with Crippen LogP contribution in [0.1, 0.15) is 24.3 Å². The zero-order valence-electron chi connectivity index (χ0n) is 12.2. The van der Waals surface area contributed by atoms with Crippen molar-refractivity contribution >= 4 is 23.2 Å². The molecule has 0 spiro atoms. The molecule has 1 amide bonds. The second kappa shape index (κ2) is 6.22. The molecule has 0 bridgehead atoms. The second-order valence-electron chi connectivity index (χ2n) is 5.68. The molecule has 2 aliphatic heterocycles. The summed E-state index contributed by atoms with van der Waals surface area (Å²) < 4.78 is 11.3. The first-order valence-electron chi connectivity index (χ1n) is 7.47. The number of piperidine rings is 1. The molecule has 0 radical (unpaired) electrons. The van der Waals surface area contributed by atoms with Gasteiger partial charge in [-0.15, -0.1) is 0 Å². The second-order valence-corrected chi connectivity index (χ2v) is 6.09. The van der Waals surface area contributed by atoms with Crippen LogP contribution in [0.15, 0.2) is 6.07 Å². The standard InChI is InChI=1S/C15H20ClN3O3/c16-10-7-9(13-14(12(10)17)22-6-5-21-13)11(15(18)20)8-1-3-19-4-2-8/h7-8,11,19H,1-6,17H2,(H2,18,20). The zero-order chi connectivity index (χ0) is 15.7. The number of rotatable bonds is 3. The van der Waals surface area contributed by atoms with Crippen LogP contribution in [0.5, 0.6) is 11.5 Å². The van der Waals surface area contributed by atoms with E-state index >= 15 is 0 Å². The van der Waals surface area contributed by atoms with Crippen molar-refractivity contribution in [3.63, 3.8) is 0 Å². The summed E-state index contributed by atoms with van der Waals surface area (Å²) >= 11 is 6.21. The van der Waals surface area contributed by atoms with Crippen molar-refractivity contribution in [2.75, 3.05) is 32.0 Å². The Kier molecular flexibility index (Phi) is 4.31. The minimum atomic E-state index is -0.448. The molecule has 1 saturated heterocycles. The molecule has 7 heteroatoms. The third-order valence-corrected chi connectivity index (χ3v) is 4.64. The van der Waals surface area contributed by atoms with E-state index in [2.05, 4.69) is 5.32 Å². The van der Waals surface area contributed by atoms with Gasteiger partial charge in [0.1, 0.15) is 13.2 Å². The van der Waals surface area contributed by atoms with Gasteiger partial charge in [-0.1, -0.05) is 11.6 Å². The molecular weight excluding hydrogens is 306 g/mol. The third kappa shape index (κ3) is 2.68. The van der Waals surface area contributed by atoms with Crippen molar-refractivity contribution in [3.05, 3.63) is 16.7 Å². The number of benzene rings is 1. The van der Waals surface area contributed by atoms with Crippen LogP contribution < -0.4 is 26.3 Å². The van der Waals surface area contributed by atoms with Gasteiger partial charge in [-0.2, -0.15) is 0 Å². The van der Waals surface area contributed by atoms with Gasteiger partial charge in [0.2, 0.25) is 5.91 Å². The number of fused-ring (bicyclic) bond motifs is 1. The lowest BCUT2D eigenvalue weighted by Crippen LogP contribution is -2.36. The number of primary amides is 1. The fraction of sp³-hybridized carbons (Fsp3) is 0.533. The highest BCUT2D eigenvalue weighted by molar-refractivity contribution is 6.33. The van der Waals surface area contributed by atoms with E-state index in [1.165, 1.54) is 0 Å². The average Bonchev–Trinajstić information content (AvgIpc) is 2.53. The van der Waals surface area contributed by atoms with E-state index in [0.717, 1.165) is 25.9 Å². The Hall–Kier alpha value is -1.66. The summed E-state index contributed by atoms with van der Waals surface area (Å²) in [6.07, 6.45) is 1.76. The fourth-order valence-corrected chi connectivity index (χ4v) is 3.47. The number of hydrogen-bond acceptors (Lipinski definition) is 5. The van der Waals surface area contributed by atoms with Crippen LogP contribution in [-0.4, -0.2) is 32.2 Å². The maximum absolute atomic E-state index is 12.1. The first-order chi connectivity index (χ1) is 10.6. The van der Waals surface area contributed by atoms with Gasteiger partial charge in [0, 0.05) is 5.56 Å². The number of nitrogen functional groups attached to an aromatic ring is 1. The summed E-state index contributed by atoms with van der Waals surface area (Å²) in [5.74, 6) is 0.275. The Morgan fingerprint density at radius 3 is 2.55 bits per heavy atom. The zero-order valence-corrected chi connectivity index (χ0v) is 13.0. The monoisotopic (exact) mass is 325 g/mol. The lowest BCUT2D eigenvalue weighted by Gasteiger charge is -2.32.